The zero-order chi connectivity index (χ0) is 13.3. The summed E-state index contributed by atoms with van der Waals surface area (Å²) in [5, 5.41) is 0. The zero-order valence-electron chi connectivity index (χ0n) is 9.92. The Labute approximate surface area is 105 Å². The molecular weight excluding hydrogens is 256 g/mol. The molecule has 0 saturated carbocycles. The maximum atomic E-state index is 12.1. The quantitative estimate of drug-likeness (QED) is 0.633. The molecule has 0 unspecified atom stereocenters. The van der Waals surface area contributed by atoms with Gasteiger partial charge in [0.1, 0.15) is 4.90 Å². The monoisotopic (exact) mass is 270 g/mol. The van der Waals surface area contributed by atoms with Gasteiger partial charge in [0.05, 0.1) is 5.56 Å². The maximum Gasteiger partial charge on any atom is 0.269 e. The van der Waals surface area contributed by atoms with E-state index in [2.05, 4.69) is 0 Å². The summed E-state index contributed by atoms with van der Waals surface area (Å²) in [5.41, 5.74) is 6.06. The molecular formula is C11H14N2O4S. The topological polar surface area (TPSA) is 89.7 Å². The SMILES string of the molecule is COCCCN1C(=O)c2ccc(N)cc2S1(=O)=O. The van der Waals surface area contributed by atoms with Gasteiger partial charge >= 0.3 is 0 Å². The number of nitrogens with zero attached hydrogens (tertiary/aromatic N) is 1. The lowest BCUT2D eigenvalue weighted by Gasteiger charge is -2.14. The predicted octanol–water partition coefficient (Wildman–Crippen LogP) is 0.450. The lowest BCUT2D eigenvalue weighted by Crippen LogP contribution is -2.31. The second kappa shape index (κ2) is 4.58. The molecule has 0 aromatic heterocycles. The first-order chi connectivity index (χ1) is 8.48. The van der Waals surface area contributed by atoms with Gasteiger partial charge < -0.3 is 10.5 Å². The Morgan fingerprint density at radius 1 is 1.39 bits per heavy atom. The van der Waals surface area contributed by atoms with E-state index in [9.17, 15) is 13.2 Å². The van der Waals surface area contributed by atoms with E-state index in [1.165, 1.54) is 25.3 Å². The number of benzene rings is 1. The fraction of sp³-hybridized carbons (Fsp3) is 0.364. The van der Waals surface area contributed by atoms with Crippen LogP contribution in [0, 0.1) is 0 Å². The molecule has 0 fully saturated rings. The smallest absolute Gasteiger partial charge is 0.269 e. The summed E-state index contributed by atoms with van der Waals surface area (Å²) in [6, 6.07) is 4.28. The van der Waals surface area contributed by atoms with Crippen LogP contribution in [0.25, 0.3) is 0 Å². The van der Waals surface area contributed by atoms with Gasteiger partial charge in [0, 0.05) is 25.9 Å². The number of amides is 1. The summed E-state index contributed by atoms with van der Waals surface area (Å²) >= 11 is 0. The minimum absolute atomic E-state index is 0.00934. The third kappa shape index (κ3) is 1.95. The molecule has 98 valence electrons. The van der Waals surface area contributed by atoms with Crippen LogP contribution in [0.4, 0.5) is 5.69 Å². The molecule has 0 aliphatic carbocycles. The predicted molar refractivity (Wildman–Crippen MR) is 65.6 cm³/mol. The molecule has 1 aliphatic heterocycles. The highest BCUT2D eigenvalue weighted by Gasteiger charge is 2.40. The molecule has 18 heavy (non-hydrogen) atoms. The summed E-state index contributed by atoms with van der Waals surface area (Å²) in [7, 11) is -2.23. The van der Waals surface area contributed by atoms with Gasteiger partial charge in [0.2, 0.25) is 0 Å². The van der Waals surface area contributed by atoms with E-state index < -0.39 is 15.9 Å². The normalized spacial score (nSPS) is 16.9. The number of fused-ring (bicyclic) bond motifs is 1. The van der Waals surface area contributed by atoms with Crippen LogP contribution in [-0.2, 0) is 14.8 Å². The molecule has 2 rings (SSSR count). The maximum absolute atomic E-state index is 12.1. The van der Waals surface area contributed by atoms with Gasteiger partial charge in [-0.25, -0.2) is 12.7 Å². The van der Waals surface area contributed by atoms with Crippen molar-refractivity contribution in [2.75, 3.05) is 26.0 Å². The molecule has 7 heteroatoms. The Morgan fingerprint density at radius 2 is 2.11 bits per heavy atom. The average molecular weight is 270 g/mol. The first kappa shape index (κ1) is 12.8. The van der Waals surface area contributed by atoms with Crippen molar-refractivity contribution in [3.05, 3.63) is 23.8 Å². The molecule has 1 aromatic carbocycles. The third-order valence-electron chi connectivity index (χ3n) is 2.74. The van der Waals surface area contributed by atoms with Crippen LogP contribution in [0.1, 0.15) is 16.8 Å². The van der Waals surface area contributed by atoms with Crippen LogP contribution in [0.5, 0.6) is 0 Å². The lowest BCUT2D eigenvalue weighted by atomic mass is 10.2. The van der Waals surface area contributed by atoms with E-state index in [0.29, 0.717) is 18.7 Å². The van der Waals surface area contributed by atoms with Crippen molar-refractivity contribution in [2.45, 2.75) is 11.3 Å². The molecule has 0 spiro atoms. The highest BCUT2D eigenvalue weighted by Crippen LogP contribution is 2.31. The van der Waals surface area contributed by atoms with Gasteiger partial charge in [-0.2, -0.15) is 0 Å². The van der Waals surface area contributed by atoms with Crippen molar-refractivity contribution in [2.24, 2.45) is 0 Å². The van der Waals surface area contributed by atoms with E-state index in [1.807, 2.05) is 0 Å². The summed E-state index contributed by atoms with van der Waals surface area (Å²) < 4.78 is 30.0. The van der Waals surface area contributed by atoms with Crippen LogP contribution < -0.4 is 5.73 Å². The van der Waals surface area contributed by atoms with E-state index in [1.54, 1.807) is 0 Å². The molecule has 0 atom stereocenters. The Kier molecular flexibility index (Phi) is 3.27. The summed E-state index contributed by atoms with van der Waals surface area (Å²) in [5.74, 6) is -0.499. The number of hydrogen-bond donors (Lipinski definition) is 1. The number of methoxy groups -OCH3 is 1. The number of carbonyl (C=O) groups is 1. The van der Waals surface area contributed by atoms with Crippen LogP contribution in [0.15, 0.2) is 23.1 Å². The van der Waals surface area contributed by atoms with Gasteiger partial charge in [0.15, 0.2) is 0 Å². The van der Waals surface area contributed by atoms with E-state index in [4.69, 9.17) is 10.5 Å². The second-order valence-corrected chi connectivity index (χ2v) is 5.82. The molecule has 1 aliphatic rings. The van der Waals surface area contributed by atoms with E-state index >= 15 is 0 Å². The number of nitrogen functional groups attached to an aromatic ring is 1. The fourth-order valence-electron chi connectivity index (χ4n) is 1.87. The van der Waals surface area contributed by atoms with Crippen LogP contribution in [-0.4, -0.2) is 38.9 Å². The van der Waals surface area contributed by atoms with Gasteiger partial charge in [-0.15, -0.1) is 0 Å². The van der Waals surface area contributed by atoms with Crippen LogP contribution in [0.2, 0.25) is 0 Å². The first-order valence-corrected chi connectivity index (χ1v) is 6.88. The summed E-state index contributed by atoms with van der Waals surface area (Å²) in [4.78, 5) is 12.0. The molecule has 0 saturated heterocycles. The van der Waals surface area contributed by atoms with E-state index in [-0.39, 0.29) is 17.0 Å². The van der Waals surface area contributed by atoms with Crippen molar-refractivity contribution < 1.29 is 17.9 Å². The van der Waals surface area contributed by atoms with Crippen LogP contribution in [0.3, 0.4) is 0 Å². The first-order valence-electron chi connectivity index (χ1n) is 5.44. The van der Waals surface area contributed by atoms with E-state index in [0.717, 1.165) is 4.31 Å². The Hall–Kier alpha value is -1.60. The minimum atomic E-state index is -3.75. The van der Waals surface area contributed by atoms with Crippen LogP contribution >= 0.6 is 0 Å². The fourth-order valence-corrected chi connectivity index (χ4v) is 3.51. The van der Waals surface area contributed by atoms with Gasteiger partial charge in [-0.05, 0) is 24.6 Å². The number of sulfonamides is 1. The van der Waals surface area contributed by atoms with Crippen molar-refractivity contribution in [3.63, 3.8) is 0 Å². The Morgan fingerprint density at radius 3 is 2.78 bits per heavy atom. The largest absolute Gasteiger partial charge is 0.399 e. The number of anilines is 1. The molecule has 1 aromatic rings. The average Bonchev–Trinajstić information content (AvgIpc) is 2.50. The Bertz CT molecular complexity index is 583. The summed E-state index contributed by atoms with van der Waals surface area (Å²) in [6.07, 6.45) is 0.463. The molecule has 0 bridgehead atoms. The molecule has 2 N–H and O–H groups in total. The number of hydrogen-bond acceptors (Lipinski definition) is 5. The second-order valence-electron chi connectivity index (χ2n) is 3.98. The van der Waals surface area contributed by atoms with Crippen molar-refractivity contribution in [1.29, 1.82) is 0 Å². The zero-order valence-corrected chi connectivity index (χ0v) is 10.7. The third-order valence-corrected chi connectivity index (χ3v) is 4.56. The molecule has 1 amide bonds. The molecule has 0 radical (unpaired) electrons. The highest BCUT2D eigenvalue weighted by molar-refractivity contribution is 7.90. The standard InChI is InChI=1S/C11H14N2O4S/c1-17-6-2-5-13-11(14)9-4-3-8(12)7-10(9)18(13,15)16/h3-4,7H,2,5-6,12H2,1H3. The molecule has 6 nitrogen and oxygen atoms in total. The van der Waals surface area contributed by atoms with Crippen molar-refractivity contribution in [1.82, 2.24) is 4.31 Å². The van der Waals surface area contributed by atoms with Gasteiger partial charge in [-0.3, -0.25) is 4.79 Å². The van der Waals surface area contributed by atoms with Gasteiger partial charge in [-0.1, -0.05) is 0 Å². The number of carbonyl (C=O) groups excluding carboxylic acids is 1. The highest BCUT2D eigenvalue weighted by atomic mass is 32.2. The number of rotatable bonds is 4. The molecule has 1 heterocycles. The van der Waals surface area contributed by atoms with Gasteiger partial charge in [0.25, 0.3) is 15.9 Å². The number of nitrogens with two attached hydrogens (primary N) is 1. The van der Waals surface area contributed by atoms with Crippen molar-refractivity contribution >= 4 is 21.6 Å². The Balaban J connectivity index is 2.36. The van der Waals surface area contributed by atoms with Crippen molar-refractivity contribution in [3.8, 4) is 0 Å². The lowest BCUT2D eigenvalue weighted by molar-refractivity contribution is 0.0860. The number of ether oxygens (including phenoxy) is 1. The summed E-state index contributed by atoms with van der Waals surface area (Å²) in [6.45, 7) is 0.515. The minimum Gasteiger partial charge on any atom is -0.399 e.